The van der Waals surface area contributed by atoms with Gasteiger partial charge in [0.2, 0.25) is 0 Å². The topological polar surface area (TPSA) is 15.3 Å². The van der Waals surface area contributed by atoms with Crippen LogP contribution < -0.4 is 5.32 Å². The molecule has 0 saturated carbocycles. The zero-order valence-electron chi connectivity index (χ0n) is 8.88. The first kappa shape index (κ1) is 13.7. The van der Waals surface area contributed by atoms with Crippen molar-refractivity contribution in [2.75, 3.05) is 26.2 Å². The molecule has 0 atom stereocenters. The number of piperazine rings is 1. The predicted molar refractivity (Wildman–Crippen MR) is 66.8 cm³/mol. The number of nitrogens with one attached hydrogen (secondary N) is 1. The summed E-state index contributed by atoms with van der Waals surface area (Å²) in [6.45, 7) is 4.87. The van der Waals surface area contributed by atoms with Crippen LogP contribution in [0, 0.1) is 5.82 Å². The van der Waals surface area contributed by atoms with Gasteiger partial charge in [0, 0.05) is 37.7 Å². The second kappa shape index (κ2) is 6.40. The van der Waals surface area contributed by atoms with E-state index in [2.05, 4.69) is 10.2 Å². The second-order valence-electron chi connectivity index (χ2n) is 3.76. The minimum absolute atomic E-state index is 0. The van der Waals surface area contributed by atoms with Gasteiger partial charge in [-0.05, 0) is 17.7 Å². The van der Waals surface area contributed by atoms with Crippen LogP contribution in [0.2, 0.25) is 5.02 Å². The normalized spacial score (nSPS) is 16.9. The average molecular weight is 265 g/mol. The molecule has 0 aromatic heterocycles. The third-order valence-corrected chi connectivity index (χ3v) is 2.97. The molecule has 0 bridgehead atoms. The highest BCUT2D eigenvalue weighted by Crippen LogP contribution is 2.19. The minimum Gasteiger partial charge on any atom is -0.314 e. The van der Waals surface area contributed by atoms with E-state index in [1.165, 1.54) is 12.1 Å². The fourth-order valence-electron chi connectivity index (χ4n) is 1.76. The van der Waals surface area contributed by atoms with Gasteiger partial charge < -0.3 is 5.32 Å². The van der Waals surface area contributed by atoms with Crippen molar-refractivity contribution in [1.82, 2.24) is 10.2 Å². The van der Waals surface area contributed by atoms with Crippen LogP contribution in [-0.2, 0) is 6.54 Å². The Morgan fingerprint density at radius 2 is 2.00 bits per heavy atom. The molecule has 1 aromatic carbocycles. The summed E-state index contributed by atoms with van der Waals surface area (Å²) in [7, 11) is 0. The number of halogens is 3. The lowest BCUT2D eigenvalue weighted by Gasteiger charge is -2.27. The van der Waals surface area contributed by atoms with Gasteiger partial charge in [-0.2, -0.15) is 0 Å². The predicted octanol–water partition coefficient (Wildman–Crippen LogP) is 2.31. The van der Waals surface area contributed by atoms with Crippen molar-refractivity contribution >= 4 is 24.0 Å². The molecule has 2 nitrogen and oxygen atoms in total. The van der Waals surface area contributed by atoms with E-state index in [1.807, 2.05) is 0 Å². The Labute approximate surface area is 106 Å². The average Bonchev–Trinajstić information content (AvgIpc) is 2.24. The molecule has 16 heavy (non-hydrogen) atoms. The molecule has 0 aliphatic carbocycles. The van der Waals surface area contributed by atoms with Crippen molar-refractivity contribution in [3.63, 3.8) is 0 Å². The molecule has 0 unspecified atom stereocenters. The van der Waals surface area contributed by atoms with E-state index in [4.69, 9.17) is 11.6 Å². The van der Waals surface area contributed by atoms with Crippen molar-refractivity contribution in [1.29, 1.82) is 0 Å². The maximum absolute atomic E-state index is 12.8. The SMILES string of the molecule is Cl.Fc1ccc(CN2CCNCC2)c(Cl)c1. The van der Waals surface area contributed by atoms with Crippen molar-refractivity contribution in [2.24, 2.45) is 0 Å². The molecule has 1 aliphatic rings. The number of hydrogen-bond donors (Lipinski definition) is 1. The minimum atomic E-state index is -0.274. The molecule has 1 aromatic rings. The van der Waals surface area contributed by atoms with Gasteiger partial charge in [0.1, 0.15) is 5.82 Å². The standard InChI is InChI=1S/C11H14ClFN2.ClH/c12-11-7-10(13)2-1-9(11)8-15-5-3-14-4-6-15;/h1-2,7,14H,3-6,8H2;1H. The van der Waals surface area contributed by atoms with E-state index in [0.29, 0.717) is 5.02 Å². The van der Waals surface area contributed by atoms with Gasteiger partial charge >= 0.3 is 0 Å². The second-order valence-corrected chi connectivity index (χ2v) is 4.17. The van der Waals surface area contributed by atoms with Crippen LogP contribution in [-0.4, -0.2) is 31.1 Å². The van der Waals surface area contributed by atoms with Crippen LogP contribution in [0.15, 0.2) is 18.2 Å². The van der Waals surface area contributed by atoms with Gasteiger partial charge in [-0.3, -0.25) is 4.90 Å². The smallest absolute Gasteiger partial charge is 0.124 e. The number of nitrogens with zero attached hydrogens (tertiary/aromatic N) is 1. The lowest BCUT2D eigenvalue weighted by Crippen LogP contribution is -2.42. The highest BCUT2D eigenvalue weighted by Gasteiger charge is 2.11. The molecule has 1 fully saturated rings. The van der Waals surface area contributed by atoms with Gasteiger partial charge in [-0.1, -0.05) is 17.7 Å². The number of hydrogen-bond acceptors (Lipinski definition) is 2. The molecule has 90 valence electrons. The Bertz CT molecular complexity index is 341. The third-order valence-electron chi connectivity index (χ3n) is 2.62. The molecule has 0 spiro atoms. The summed E-state index contributed by atoms with van der Waals surface area (Å²) in [6.07, 6.45) is 0. The maximum Gasteiger partial charge on any atom is 0.124 e. The lowest BCUT2D eigenvalue weighted by atomic mass is 10.2. The summed E-state index contributed by atoms with van der Waals surface area (Å²) in [4.78, 5) is 2.32. The zero-order valence-corrected chi connectivity index (χ0v) is 10.5. The number of rotatable bonds is 2. The summed E-state index contributed by atoms with van der Waals surface area (Å²) in [5, 5.41) is 3.81. The molecule has 1 aliphatic heterocycles. The summed E-state index contributed by atoms with van der Waals surface area (Å²) in [6, 6.07) is 4.60. The Morgan fingerprint density at radius 3 is 2.62 bits per heavy atom. The lowest BCUT2D eigenvalue weighted by molar-refractivity contribution is 0.233. The molecule has 1 N–H and O–H groups in total. The highest BCUT2D eigenvalue weighted by molar-refractivity contribution is 6.31. The third kappa shape index (κ3) is 3.59. The zero-order chi connectivity index (χ0) is 10.7. The van der Waals surface area contributed by atoms with Crippen LogP contribution in [0.5, 0.6) is 0 Å². The van der Waals surface area contributed by atoms with Gasteiger partial charge in [0.05, 0.1) is 0 Å². The fraction of sp³-hybridized carbons (Fsp3) is 0.455. The van der Waals surface area contributed by atoms with Crippen molar-refractivity contribution in [3.05, 3.63) is 34.6 Å². The van der Waals surface area contributed by atoms with E-state index >= 15 is 0 Å². The molecule has 5 heteroatoms. The summed E-state index contributed by atoms with van der Waals surface area (Å²) in [5.74, 6) is -0.274. The molecule has 1 saturated heterocycles. The van der Waals surface area contributed by atoms with Crippen LogP contribution in [0.1, 0.15) is 5.56 Å². The Hall–Kier alpha value is -0.350. The molecule has 2 rings (SSSR count). The monoisotopic (exact) mass is 264 g/mol. The van der Waals surface area contributed by atoms with Crippen LogP contribution in [0.3, 0.4) is 0 Å². The van der Waals surface area contributed by atoms with E-state index in [-0.39, 0.29) is 18.2 Å². The number of benzene rings is 1. The molecule has 0 radical (unpaired) electrons. The van der Waals surface area contributed by atoms with Crippen LogP contribution >= 0.6 is 24.0 Å². The first-order valence-electron chi connectivity index (χ1n) is 5.13. The molecular weight excluding hydrogens is 250 g/mol. The van der Waals surface area contributed by atoms with Crippen molar-refractivity contribution in [3.8, 4) is 0 Å². The largest absolute Gasteiger partial charge is 0.314 e. The molecule has 0 amide bonds. The van der Waals surface area contributed by atoms with Gasteiger partial charge in [0.25, 0.3) is 0 Å². The van der Waals surface area contributed by atoms with E-state index in [9.17, 15) is 4.39 Å². The first-order valence-corrected chi connectivity index (χ1v) is 5.50. The van der Waals surface area contributed by atoms with E-state index in [1.54, 1.807) is 6.07 Å². The van der Waals surface area contributed by atoms with Gasteiger partial charge in [0.15, 0.2) is 0 Å². The fourth-order valence-corrected chi connectivity index (χ4v) is 1.99. The summed E-state index contributed by atoms with van der Waals surface area (Å²) < 4.78 is 12.8. The summed E-state index contributed by atoms with van der Waals surface area (Å²) >= 11 is 5.97. The van der Waals surface area contributed by atoms with E-state index < -0.39 is 0 Å². The molecule has 1 heterocycles. The molecular formula is C11H15Cl2FN2. The van der Waals surface area contributed by atoms with Gasteiger partial charge in [-0.25, -0.2) is 4.39 Å². The van der Waals surface area contributed by atoms with Crippen molar-refractivity contribution in [2.45, 2.75) is 6.54 Å². The van der Waals surface area contributed by atoms with E-state index in [0.717, 1.165) is 38.3 Å². The Kier molecular flexibility index (Phi) is 5.49. The summed E-state index contributed by atoms with van der Waals surface area (Å²) in [5.41, 5.74) is 1.000. The van der Waals surface area contributed by atoms with Crippen LogP contribution in [0.4, 0.5) is 4.39 Å². The first-order chi connectivity index (χ1) is 7.25. The maximum atomic E-state index is 12.8. The Balaban J connectivity index is 0.00000128. The Morgan fingerprint density at radius 1 is 1.31 bits per heavy atom. The van der Waals surface area contributed by atoms with Crippen LogP contribution in [0.25, 0.3) is 0 Å². The van der Waals surface area contributed by atoms with Crippen molar-refractivity contribution < 1.29 is 4.39 Å². The quantitative estimate of drug-likeness (QED) is 0.882. The van der Waals surface area contributed by atoms with Gasteiger partial charge in [-0.15, -0.1) is 12.4 Å². The highest BCUT2D eigenvalue weighted by atomic mass is 35.5.